The molecule has 0 aliphatic heterocycles. The lowest BCUT2D eigenvalue weighted by atomic mass is 10.2. The van der Waals surface area contributed by atoms with Gasteiger partial charge in [-0.1, -0.05) is 17.3 Å². The Kier molecular flexibility index (Phi) is 5.04. The van der Waals surface area contributed by atoms with Gasteiger partial charge in [0.25, 0.3) is 5.89 Å². The highest BCUT2D eigenvalue weighted by molar-refractivity contribution is 7.92. The number of hydrogen-bond donors (Lipinski definition) is 1. The number of nitrogens with zero attached hydrogens (tertiary/aromatic N) is 2. The maximum atomic E-state index is 11.2. The van der Waals surface area contributed by atoms with E-state index in [0.717, 1.165) is 23.1 Å². The molecule has 2 aromatic carbocycles. The first-order valence-electron chi connectivity index (χ1n) is 7.67. The summed E-state index contributed by atoms with van der Waals surface area (Å²) in [6, 6.07) is 14.3. The van der Waals surface area contributed by atoms with Crippen LogP contribution in [-0.2, 0) is 10.0 Å². The van der Waals surface area contributed by atoms with Crippen molar-refractivity contribution in [3.63, 3.8) is 0 Å². The first-order chi connectivity index (χ1) is 12.4. The molecule has 26 heavy (non-hydrogen) atoms. The summed E-state index contributed by atoms with van der Waals surface area (Å²) in [5.74, 6) is 1.58. The van der Waals surface area contributed by atoms with Gasteiger partial charge in [0.05, 0.1) is 13.4 Å². The molecule has 0 saturated carbocycles. The Morgan fingerprint density at radius 1 is 1.04 bits per heavy atom. The number of hydrogen-bond acceptors (Lipinski definition) is 6. The predicted octanol–water partition coefficient (Wildman–Crippen LogP) is 3.29. The van der Waals surface area contributed by atoms with Gasteiger partial charge in [0.2, 0.25) is 15.8 Å². The number of anilines is 1. The van der Waals surface area contributed by atoms with Crippen molar-refractivity contribution in [3.8, 4) is 17.1 Å². The molecule has 0 unspecified atom stereocenters. The van der Waals surface area contributed by atoms with Crippen molar-refractivity contribution in [1.29, 1.82) is 0 Å². The van der Waals surface area contributed by atoms with Gasteiger partial charge in [-0.2, -0.15) is 4.98 Å². The van der Waals surface area contributed by atoms with Crippen LogP contribution in [0.1, 0.15) is 11.5 Å². The van der Waals surface area contributed by atoms with Crippen LogP contribution in [0.4, 0.5) is 5.69 Å². The molecular formula is C18H17N3O4S. The fraction of sp³-hybridized carbons (Fsp3) is 0.111. The van der Waals surface area contributed by atoms with Crippen LogP contribution < -0.4 is 9.46 Å². The van der Waals surface area contributed by atoms with E-state index in [1.54, 1.807) is 37.5 Å². The Morgan fingerprint density at radius 2 is 1.73 bits per heavy atom. The molecule has 1 heterocycles. The molecule has 0 bridgehead atoms. The van der Waals surface area contributed by atoms with Crippen LogP contribution in [0, 0.1) is 0 Å². The summed E-state index contributed by atoms with van der Waals surface area (Å²) in [5, 5.41) is 3.93. The van der Waals surface area contributed by atoms with Gasteiger partial charge < -0.3 is 9.26 Å². The molecule has 134 valence electrons. The van der Waals surface area contributed by atoms with E-state index in [0.29, 0.717) is 17.4 Å². The van der Waals surface area contributed by atoms with Gasteiger partial charge in [-0.15, -0.1) is 0 Å². The molecule has 0 radical (unpaired) electrons. The normalized spacial score (nSPS) is 11.6. The zero-order valence-corrected chi connectivity index (χ0v) is 15.0. The molecular weight excluding hydrogens is 354 g/mol. The number of nitrogens with one attached hydrogen (secondary N) is 1. The predicted molar refractivity (Wildman–Crippen MR) is 100 cm³/mol. The summed E-state index contributed by atoms with van der Waals surface area (Å²) < 4.78 is 35.2. The van der Waals surface area contributed by atoms with Gasteiger partial charge in [-0.3, -0.25) is 4.72 Å². The van der Waals surface area contributed by atoms with Gasteiger partial charge in [0.15, 0.2) is 0 Å². The molecule has 0 atom stereocenters. The summed E-state index contributed by atoms with van der Waals surface area (Å²) >= 11 is 0. The average Bonchev–Trinajstić information content (AvgIpc) is 3.09. The average molecular weight is 371 g/mol. The first kappa shape index (κ1) is 17.7. The second-order valence-electron chi connectivity index (χ2n) is 5.51. The van der Waals surface area contributed by atoms with E-state index in [2.05, 4.69) is 14.9 Å². The van der Waals surface area contributed by atoms with E-state index >= 15 is 0 Å². The zero-order valence-electron chi connectivity index (χ0n) is 14.2. The number of benzene rings is 2. The molecule has 0 fully saturated rings. The second-order valence-corrected chi connectivity index (χ2v) is 7.26. The monoisotopic (exact) mass is 371 g/mol. The van der Waals surface area contributed by atoms with E-state index in [1.165, 1.54) is 0 Å². The summed E-state index contributed by atoms with van der Waals surface area (Å²) in [7, 11) is -1.69. The molecule has 1 aromatic heterocycles. The number of aromatic nitrogens is 2. The molecule has 0 spiro atoms. The fourth-order valence-electron chi connectivity index (χ4n) is 2.20. The molecule has 8 heteroatoms. The number of sulfonamides is 1. The molecule has 7 nitrogen and oxygen atoms in total. The summed E-state index contributed by atoms with van der Waals surface area (Å²) in [5.41, 5.74) is 2.16. The van der Waals surface area contributed by atoms with Crippen LogP contribution in [0.15, 0.2) is 53.1 Å². The van der Waals surface area contributed by atoms with Crippen molar-refractivity contribution in [3.05, 3.63) is 60.0 Å². The minimum Gasteiger partial charge on any atom is -0.497 e. The van der Waals surface area contributed by atoms with E-state index in [4.69, 9.17) is 9.26 Å². The molecule has 3 aromatic rings. The van der Waals surface area contributed by atoms with Crippen molar-refractivity contribution in [2.45, 2.75) is 0 Å². The van der Waals surface area contributed by atoms with E-state index in [9.17, 15) is 8.42 Å². The highest BCUT2D eigenvalue weighted by atomic mass is 32.2. The molecule has 0 aliphatic carbocycles. The standard InChI is InChI=1S/C18H17N3O4S/c1-24-16-10-3-13(4-11-16)5-12-17-19-18(20-25-17)14-6-8-15(9-7-14)21-26(2,22)23/h3-12,21H,1-2H3. The Bertz CT molecular complexity index is 1010. The summed E-state index contributed by atoms with van der Waals surface area (Å²) in [6.45, 7) is 0. The number of ether oxygens (including phenoxy) is 1. The molecule has 0 saturated heterocycles. The fourth-order valence-corrected chi connectivity index (χ4v) is 2.77. The quantitative estimate of drug-likeness (QED) is 0.714. The maximum Gasteiger partial charge on any atom is 0.250 e. The largest absolute Gasteiger partial charge is 0.497 e. The highest BCUT2D eigenvalue weighted by Crippen LogP contribution is 2.20. The minimum atomic E-state index is -3.31. The minimum absolute atomic E-state index is 0.370. The van der Waals surface area contributed by atoms with Gasteiger partial charge >= 0.3 is 0 Å². The Morgan fingerprint density at radius 3 is 2.35 bits per heavy atom. The third kappa shape index (κ3) is 4.70. The number of methoxy groups -OCH3 is 1. The molecule has 3 rings (SSSR count). The zero-order chi connectivity index (χ0) is 18.6. The lowest BCUT2D eigenvalue weighted by molar-refractivity contribution is 0.411. The Balaban J connectivity index is 1.71. The Labute approximate surface area is 151 Å². The maximum absolute atomic E-state index is 11.2. The van der Waals surface area contributed by atoms with Gasteiger partial charge in [0.1, 0.15) is 5.75 Å². The van der Waals surface area contributed by atoms with Crippen molar-refractivity contribution in [1.82, 2.24) is 10.1 Å². The highest BCUT2D eigenvalue weighted by Gasteiger charge is 2.08. The van der Waals surface area contributed by atoms with Crippen LogP contribution in [0.5, 0.6) is 5.75 Å². The van der Waals surface area contributed by atoms with E-state index in [1.807, 2.05) is 30.3 Å². The molecule has 0 amide bonds. The first-order valence-corrected chi connectivity index (χ1v) is 9.56. The van der Waals surface area contributed by atoms with Crippen molar-refractivity contribution >= 4 is 27.9 Å². The summed E-state index contributed by atoms with van der Waals surface area (Å²) in [4.78, 5) is 4.31. The number of rotatable bonds is 6. The third-order valence-electron chi connectivity index (χ3n) is 3.42. The van der Waals surface area contributed by atoms with E-state index < -0.39 is 10.0 Å². The molecule has 0 aliphatic rings. The van der Waals surface area contributed by atoms with Crippen molar-refractivity contribution in [2.75, 3.05) is 18.1 Å². The Hall–Kier alpha value is -3.13. The lowest BCUT2D eigenvalue weighted by Crippen LogP contribution is -2.09. The SMILES string of the molecule is COc1ccc(C=Cc2nc(-c3ccc(NS(C)(=O)=O)cc3)no2)cc1. The van der Waals surface area contributed by atoms with Crippen LogP contribution in [0.25, 0.3) is 23.5 Å². The smallest absolute Gasteiger partial charge is 0.250 e. The second kappa shape index (κ2) is 7.40. The third-order valence-corrected chi connectivity index (χ3v) is 4.03. The van der Waals surface area contributed by atoms with Crippen molar-refractivity contribution in [2.24, 2.45) is 0 Å². The van der Waals surface area contributed by atoms with Crippen LogP contribution in [0.2, 0.25) is 0 Å². The van der Waals surface area contributed by atoms with Gasteiger partial charge in [-0.05, 0) is 48.0 Å². The van der Waals surface area contributed by atoms with Crippen molar-refractivity contribution < 1.29 is 17.7 Å². The van der Waals surface area contributed by atoms with E-state index in [-0.39, 0.29) is 0 Å². The summed E-state index contributed by atoms with van der Waals surface area (Å²) in [6.07, 6.45) is 4.68. The lowest BCUT2D eigenvalue weighted by Gasteiger charge is -2.03. The van der Waals surface area contributed by atoms with Crippen LogP contribution in [-0.4, -0.2) is 31.9 Å². The molecule has 1 N–H and O–H groups in total. The van der Waals surface area contributed by atoms with Crippen LogP contribution in [0.3, 0.4) is 0 Å². The van der Waals surface area contributed by atoms with Crippen LogP contribution >= 0.6 is 0 Å². The topological polar surface area (TPSA) is 94.3 Å². The van der Waals surface area contributed by atoms with Gasteiger partial charge in [-0.25, -0.2) is 8.42 Å². The van der Waals surface area contributed by atoms with Gasteiger partial charge in [0, 0.05) is 17.3 Å².